The quantitative estimate of drug-likeness (QED) is 0.690. The van der Waals surface area contributed by atoms with E-state index in [-0.39, 0.29) is 26.3 Å². The third-order valence-electron chi connectivity index (χ3n) is 3.90. The maximum atomic E-state index is 12.3. The van der Waals surface area contributed by atoms with Gasteiger partial charge in [0.15, 0.2) is 0 Å². The van der Waals surface area contributed by atoms with E-state index < -0.39 is 11.8 Å². The van der Waals surface area contributed by atoms with E-state index in [9.17, 15) is 9.59 Å². The first kappa shape index (κ1) is 17.2. The number of hydrogen-bond acceptors (Lipinski definition) is 5. The minimum atomic E-state index is -0.665. The zero-order chi connectivity index (χ0) is 16.7. The van der Waals surface area contributed by atoms with Crippen LogP contribution in [-0.2, 0) is 9.59 Å². The number of carbonyl (C=O) groups is 2. The van der Waals surface area contributed by atoms with Crippen molar-refractivity contribution < 1.29 is 19.8 Å². The van der Waals surface area contributed by atoms with Crippen LogP contribution in [0, 0.1) is 0 Å². The lowest BCUT2D eigenvalue weighted by Gasteiger charge is -2.36. The Bertz CT molecular complexity index is 509. The van der Waals surface area contributed by atoms with Crippen molar-refractivity contribution in [2.24, 2.45) is 0 Å². The van der Waals surface area contributed by atoms with Gasteiger partial charge in [-0.2, -0.15) is 0 Å². The van der Waals surface area contributed by atoms with Crippen LogP contribution in [0.25, 0.3) is 0 Å². The molecule has 1 aromatic carbocycles. The SMILES string of the molecule is O=C(C(=O)N1CCN(c2ccccc2)CC1)N(CCO)CCO. The molecule has 0 saturated carbocycles. The minimum Gasteiger partial charge on any atom is -0.395 e. The van der Waals surface area contributed by atoms with E-state index in [0.717, 1.165) is 5.69 Å². The number of aliphatic hydroxyl groups is 2. The van der Waals surface area contributed by atoms with E-state index in [1.54, 1.807) is 0 Å². The molecule has 0 spiro atoms. The molecule has 1 aliphatic heterocycles. The molecule has 1 saturated heterocycles. The first-order valence-electron chi connectivity index (χ1n) is 7.77. The van der Waals surface area contributed by atoms with Crippen LogP contribution in [0.3, 0.4) is 0 Å². The van der Waals surface area contributed by atoms with Gasteiger partial charge in [-0.25, -0.2) is 0 Å². The van der Waals surface area contributed by atoms with Crippen LogP contribution in [0.5, 0.6) is 0 Å². The van der Waals surface area contributed by atoms with Gasteiger partial charge in [0.05, 0.1) is 13.2 Å². The van der Waals surface area contributed by atoms with Crippen LogP contribution >= 0.6 is 0 Å². The Hall–Kier alpha value is -2.12. The van der Waals surface area contributed by atoms with E-state index >= 15 is 0 Å². The van der Waals surface area contributed by atoms with Gasteiger partial charge in [-0.1, -0.05) is 18.2 Å². The Balaban J connectivity index is 1.91. The van der Waals surface area contributed by atoms with E-state index in [0.29, 0.717) is 26.2 Å². The van der Waals surface area contributed by atoms with Crippen molar-refractivity contribution in [2.45, 2.75) is 0 Å². The Morgan fingerprint density at radius 1 is 0.957 bits per heavy atom. The molecule has 7 heteroatoms. The van der Waals surface area contributed by atoms with Crippen LogP contribution in [0.1, 0.15) is 0 Å². The number of para-hydroxylation sites is 1. The van der Waals surface area contributed by atoms with Gasteiger partial charge in [0.1, 0.15) is 0 Å². The van der Waals surface area contributed by atoms with Crippen LogP contribution in [-0.4, -0.2) is 84.3 Å². The molecule has 2 N–H and O–H groups in total. The number of hydrogen-bond donors (Lipinski definition) is 2. The minimum absolute atomic E-state index is 0.0507. The van der Waals surface area contributed by atoms with Crippen molar-refractivity contribution in [1.82, 2.24) is 9.80 Å². The molecule has 0 atom stereocenters. The lowest BCUT2D eigenvalue weighted by molar-refractivity contribution is -0.152. The number of anilines is 1. The van der Waals surface area contributed by atoms with Crippen LogP contribution < -0.4 is 4.90 Å². The van der Waals surface area contributed by atoms with Crippen LogP contribution in [0.2, 0.25) is 0 Å². The summed E-state index contributed by atoms with van der Waals surface area (Å²) in [6.45, 7) is 1.93. The molecule has 7 nitrogen and oxygen atoms in total. The van der Waals surface area contributed by atoms with E-state index in [2.05, 4.69) is 4.90 Å². The maximum Gasteiger partial charge on any atom is 0.312 e. The van der Waals surface area contributed by atoms with Gasteiger partial charge in [0.25, 0.3) is 0 Å². The molecule has 126 valence electrons. The molecular weight excluding hydrogens is 298 g/mol. The van der Waals surface area contributed by atoms with Gasteiger partial charge in [0.2, 0.25) is 0 Å². The van der Waals surface area contributed by atoms with Crippen molar-refractivity contribution >= 4 is 17.5 Å². The second kappa shape index (κ2) is 8.50. The molecular formula is C16H23N3O4. The number of amides is 2. The fourth-order valence-electron chi connectivity index (χ4n) is 2.63. The van der Waals surface area contributed by atoms with Crippen LogP contribution in [0.4, 0.5) is 5.69 Å². The molecule has 0 bridgehead atoms. The Labute approximate surface area is 135 Å². The third-order valence-corrected chi connectivity index (χ3v) is 3.90. The normalized spacial score (nSPS) is 14.7. The second-order valence-electron chi connectivity index (χ2n) is 5.35. The highest BCUT2D eigenvalue weighted by atomic mass is 16.3. The number of aliphatic hydroxyl groups excluding tert-OH is 2. The summed E-state index contributed by atoms with van der Waals surface area (Å²) in [5.41, 5.74) is 1.10. The average molecular weight is 321 g/mol. The number of carbonyl (C=O) groups excluding carboxylic acids is 2. The summed E-state index contributed by atoms with van der Waals surface area (Å²) in [4.78, 5) is 29.3. The summed E-state index contributed by atoms with van der Waals surface area (Å²) in [6.07, 6.45) is 0. The summed E-state index contributed by atoms with van der Waals surface area (Å²) in [5.74, 6) is -1.24. The number of piperazine rings is 1. The lowest BCUT2D eigenvalue weighted by atomic mass is 10.2. The van der Waals surface area contributed by atoms with Crippen molar-refractivity contribution in [3.63, 3.8) is 0 Å². The van der Waals surface area contributed by atoms with Gasteiger partial charge in [-0.3, -0.25) is 9.59 Å². The predicted molar refractivity (Wildman–Crippen MR) is 86.0 cm³/mol. The smallest absolute Gasteiger partial charge is 0.312 e. The van der Waals surface area contributed by atoms with Crippen molar-refractivity contribution in [1.29, 1.82) is 0 Å². The standard InChI is InChI=1S/C16H23N3O4/c20-12-10-19(11-13-21)16(23)15(22)18-8-6-17(7-9-18)14-4-2-1-3-5-14/h1-5,20-21H,6-13H2. The molecule has 0 radical (unpaired) electrons. The average Bonchev–Trinajstić information content (AvgIpc) is 2.61. The highest BCUT2D eigenvalue weighted by Gasteiger charge is 2.29. The molecule has 0 unspecified atom stereocenters. The second-order valence-corrected chi connectivity index (χ2v) is 5.35. The van der Waals surface area contributed by atoms with Crippen molar-refractivity contribution in [3.8, 4) is 0 Å². The molecule has 2 amide bonds. The van der Waals surface area contributed by atoms with E-state index in [1.807, 2.05) is 30.3 Å². The first-order valence-corrected chi connectivity index (χ1v) is 7.77. The molecule has 0 aromatic heterocycles. The van der Waals surface area contributed by atoms with E-state index in [4.69, 9.17) is 10.2 Å². The molecule has 1 heterocycles. The molecule has 1 aromatic rings. The Morgan fingerprint density at radius 2 is 1.52 bits per heavy atom. The van der Waals surface area contributed by atoms with Crippen molar-refractivity contribution in [2.75, 3.05) is 57.4 Å². The largest absolute Gasteiger partial charge is 0.395 e. The Kier molecular flexibility index (Phi) is 6.37. The maximum absolute atomic E-state index is 12.3. The predicted octanol–water partition coefficient (Wildman–Crippen LogP) is -0.852. The summed E-state index contributed by atoms with van der Waals surface area (Å²) in [6, 6.07) is 9.94. The number of rotatable bonds is 5. The third kappa shape index (κ3) is 4.43. The fraction of sp³-hybridized carbons (Fsp3) is 0.500. The monoisotopic (exact) mass is 321 g/mol. The summed E-state index contributed by atoms with van der Waals surface area (Å²) in [5, 5.41) is 17.9. The molecule has 2 rings (SSSR count). The van der Waals surface area contributed by atoms with Gasteiger partial charge in [-0.15, -0.1) is 0 Å². The zero-order valence-corrected chi connectivity index (χ0v) is 13.1. The summed E-state index contributed by atoms with van der Waals surface area (Å²) in [7, 11) is 0. The molecule has 23 heavy (non-hydrogen) atoms. The number of benzene rings is 1. The van der Waals surface area contributed by atoms with Gasteiger partial charge in [-0.05, 0) is 12.1 Å². The highest BCUT2D eigenvalue weighted by molar-refractivity contribution is 6.34. The molecule has 1 fully saturated rings. The summed E-state index contributed by atoms with van der Waals surface area (Å²) < 4.78 is 0. The van der Waals surface area contributed by atoms with Gasteiger partial charge in [0, 0.05) is 45.0 Å². The topological polar surface area (TPSA) is 84.3 Å². The zero-order valence-electron chi connectivity index (χ0n) is 13.1. The summed E-state index contributed by atoms with van der Waals surface area (Å²) >= 11 is 0. The fourth-order valence-corrected chi connectivity index (χ4v) is 2.63. The van der Waals surface area contributed by atoms with E-state index in [1.165, 1.54) is 9.80 Å². The highest BCUT2D eigenvalue weighted by Crippen LogP contribution is 2.15. The molecule has 1 aliphatic rings. The number of nitrogens with zero attached hydrogens (tertiary/aromatic N) is 3. The Morgan fingerprint density at radius 3 is 2.04 bits per heavy atom. The van der Waals surface area contributed by atoms with Crippen molar-refractivity contribution in [3.05, 3.63) is 30.3 Å². The lowest BCUT2D eigenvalue weighted by Crippen LogP contribution is -2.54. The molecule has 0 aliphatic carbocycles. The van der Waals surface area contributed by atoms with Gasteiger partial charge < -0.3 is 24.9 Å². The van der Waals surface area contributed by atoms with Crippen LogP contribution in [0.15, 0.2) is 30.3 Å². The first-order chi connectivity index (χ1) is 11.2. The van der Waals surface area contributed by atoms with Gasteiger partial charge >= 0.3 is 11.8 Å².